The summed E-state index contributed by atoms with van der Waals surface area (Å²) in [5.41, 5.74) is 1.73. The fourth-order valence-electron chi connectivity index (χ4n) is 2.16. The molecule has 0 saturated heterocycles. The second-order valence-electron chi connectivity index (χ2n) is 5.08. The van der Waals surface area contributed by atoms with E-state index in [1.165, 1.54) is 12.8 Å². The van der Waals surface area contributed by atoms with Crippen molar-refractivity contribution in [3.05, 3.63) is 40.2 Å². The van der Waals surface area contributed by atoms with Crippen molar-refractivity contribution < 1.29 is 0 Å². The maximum Gasteiger partial charge on any atom is 0.227 e. The third-order valence-corrected chi connectivity index (χ3v) is 4.60. The predicted octanol–water partition coefficient (Wildman–Crippen LogP) is 4.32. The maximum absolute atomic E-state index is 6.07. The van der Waals surface area contributed by atoms with Crippen molar-refractivity contribution in [2.24, 2.45) is 0 Å². The first kappa shape index (κ1) is 13.0. The molecule has 106 valence electrons. The van der Waals surface area contributed by atoms with Crippen LogP contribution in [0.3, 0.4) is 0 Å². The molecule has 1 saturated carbocycles. The van der Waals surface area contributed by atoms with Crippen LogP contribution < -0.4 is 5.32 Å². The number of rotatable bonds is 3. The fraction of sp³-hybridized carbons (Fsp3) is 0.214. The van der Waals surface area contributed by atoms with Gasteiger partial charge in [0.15, 0.2) is 0 Å². The molecular formula is C14H11BrClN5. The number of halogens is 2. The summed E-state index contributed by atoms with van der Waals surface area (Å²) in [7, 11) is 0. The summed E-state index contributed by atoms with van der Waals surface area (Å²) in [4.78, 5) is 8.80. The Morgan fingerprint density at radius 2 is 2.14 bits per heavy atom. The van der Waals surface area contributed by atoms with Gasteiger partial charge in [-0.3, -0.25) is 4.68 Å². The monoisotopic (exact) mass is 363 g/mol. The second kappa shape index (κ2) is 4.96. The van der Waals surface area contributed by atoms with Crippen molar-refractivity contribution >= 4 is 50.1 Å². The molecule has 2 heterocycles. The van der Waals surface area contributed by atoms with Crippen molar-refractivity contribution in [2.45, 2.75) is 18.9 Å². The molecular weight excluding hydrogens is 354 g/mol. The van der Waals surface area contributed by atoms with Gasteiger partial charge in [0, 0.05) is 22.3 Å². The van der Waals surface area contributed by atoms with Crippen molar-refractivity contribution in [1.29, 1.82) is 0 Å². The van der Waals surface area contributed by atoms with E-state index in [0.29, 0.717) is 17.0 Å². The molecule has 1 N–H and O–H groups in total. The van der Waals surface area contributed by atoms with Crippen molar-refractivity contribution in [3.8, 4) is 0 Å². The summed E-state index contributed by atoms with van der Waals surface area (Å²) in [5.74, 6) is 0.548. The van der Waals surface area contributed by atoms with Gasteiger partial charge in [-0.2, -0.15) is 5.10 Å². The Labute approximate surface area is 134 Å². The van der Waals surface area contributed by atoms with Gasteiger partial charge in [0.05, 0.1) is 28.5 Å². The third kappa shape index (κ3) is 2.61. The largest absolute Gasteiger partial charge is 0.321 e. The molecule has 3 aromatic rings. The van der Waals surface area contributed by atoms with Crippen LogP contribution in [0.25, 0.3) is 10.9 Å². The first-order chi connectivity index (χ1) is 10.2. The highest BCUT2D eigenvalue weighted by Crippen LogP contribution is 2.34. The van der Waals surface area contributed by atoms with E-state index in [4.69, 9.17) is 11.6 Å². The van der Waals surface area contributed by atoms with Gasteiger partial charge in [-0.15, -0.1) is 0 Å². The zero-order valence-corrected chi connectivity index (χ0v) is 13.3. The number of hydrogen-bond acceptors (Lipinski definition) is 4. The topological polar surface area (TPSA) is 55.6 Å². The van der Waals surface area contributed by atoms with Crippen LogP contribution in [-0.4, -0.2) is 19.7 Å². The lowest BCUT2D eigenvalue weighted by molar-refractivity contribution is 0.642. The highest BCUT2D eigenvalue weighted by atomic mass is 79.9. The molecule has 2 aromatic heterocycles. The Hall–Kier alpha value is -1.66. The third-order valence-electron chi connectivity index (χ3n) is 3.40. The molecule has 21 heavy (non-hydrogen) atoms. The molecule has 0 atom stereocenters. The molecule has 4 rings (SSSR count). The summed E-state index contributed by atoms with van der Waals surface area (Å²) in [6.07, 6.45) is 7.96. The molecule has 1 aromatic carbocycles. The first-order valence-electron chi connectivity index (χ1n) is 6.62. The quantitative estimate of drug-likeness (QED) is 0.752. The highest BCUT2D eigenvalue weighted by molar-refractivity contribution is 9.10. The lowest BCUT2D eigenvalue weighted by Crippen LogP contribution is -1.96. The number of nitrogens with one attached hydrogen (secondary N) is 1. The molecule has 0 radical (unpaired) electrons. The van der Waals surface area contributed by atoms with Crippen LogP contribution in [0.15, 0.2) is 35.2 Å². The van der Waals surface area contributed by atoms with Crippen LogP contribution in [0.1, 0.15) is 18.9 Å². The molecule has 0 spiro atoms. The molecule has 5 nitrogen and oxygen atoms in total. The van der Waals surface area contributed by atoms with Crippen LogP contribution in [0, 0.1) is 0 Å². The molecule has 1 aliphatic carbocycles. The van der Waals surface area contributed by atoms with Crippen LogP contribution in [0.5, 0.6) is 0 Å². The van der Waals surface area contributed by atoms with E-state index in [9.17, 15) is 0 Å². The van der Waals surface area contributed by atoms with Gasteiger partial charge < -0.3 is 5.32 Å². The smallest absolute Gasteiger partial charge is 0.227 e. The SMILES string of the molecule is Clc1cc2cnc(Nc3cnn(C4CC4)c3)nc2cc1Br. The minimum atomic E-state index is 0.548. The number of aromatic nitrogens is 4. The van der Waals surface area contributed by atoms with Gasteiger partial charge in [-0.05, 0) is 40.9 Å². The zero-order chi connectivity index (χ0) is 14.4. The fourth-order valence-corrected chi connectivity index (χ4v) is 2.66. The van der Waals surface area contributed by atoms with Crippen molar-refractivity contribution in [2.75, 3.05) is 5.32 Å². The molecule has 7 heteroatoms. The Bertz CT molecular complexity index is 827. The number of nitrogens with zero attached hydrogens (tertiary/aromatic N) is 4. The number of hydrogen-bond donors (Lipinski definition) is 1. The Kier molecular flexibility index (Phi) is 3.08. The number of anilines is 2. The van der Waals surface area contributed by atoms with Crippen molar-refractivity contribution in [1.82, 2.24) is 19.7 Å². The Morgan fingerprint density at radius 1 is 1.29 bits per heavy atom. The number of fused-ring (bicyclic) bond motifs is 1. The molecule has 0 amide bonds. The van der Waals surface area contributed by atoms with Gasteiger partial charge in [0.1, 0.15) is 0 Å². The first-order valence-corrected chi connectivity index (χ1v) is 7.79. The molecule has 1 aliphatic rings. The van der Waals surface area contributed by atoms with E-state index in [1.54, 1.807) is 12.4 Å². The molecule has 0 aliphatic heterocycles. The van der Waals surface area contributed by atoms with Crippen LogP contribution in [0.4, 0.5) is 11.6 Å². The minimum absolute atomic E-state index is 0.548. The average Bonchev–Trinajstić information content (AvgIpc) is 3.21. The van der Waals surface area contributed by atoms with E-state index in [0.717, 1.165) is 21.1 Å². The summed E-state index contributed by atoms with van der Waals surface area (Å²) in [6.45, 7) is 0. The Morgan fingerprint density at radius 3 is 2.95 bits per heavy atom. The average molecular weight is 365 g/mol. The van der Waals surface area contributed by atoms with Crippen LogP contribution in [-0.2, 0) is 0 Å². The summed E-state index contributed by atoms with van der Waals surface area (Å²) >= 11 is 9.47. The summed E-state index contributed by atoms with van der Waals surface area (Å²) in [5, 5.41) is 9.07. The maximum atomic E-state index is 6.07. The van der Waals surface area contributed by atoms with Gasteiger partial charge in [0.2, 0.25) is 5.95 Å². The normalized spacial score (nSPS) is 14.6. The van der Waals surface area contributed by atoms with Crippen molar-refractivity contribution in [3.63, 3.8) is 0 Å². The van der Waals surface area contributed by atoms with E-state index in [-0.39, 0.29) is 0 Å². The van der Waals surface area contributed by atoms with Gasteiger partial charge in [0.25, 0.3) is 0 Å². The van der Waals surface area contributed by atoms with E-state index >= 15 is 0 Å². The molecule has 0 unspecified atom stereocenters. The van der Waals surface area contributed by atoms with Crippen LogP contribution in [0.2, 0.25) is 5.02 Å². The highest BCUT2D eigenvalue weighted by Gasteiger charge is 2.24. The molecule has 0 bridgehead atoms. The zero-order valence-electron chi connectivity index (χ0n) is 10.9. The van der Waals surface area contributed by atoms with E-state index < -0.39 is 0 Å². The second-order valence-corrected chi connectivity index (χ2v) is 6.35. The Balaban J connectivity index is 1.64. The van der Waals surface area contributed by atoms with Gasteiger partial charge in [-0.25, -0.2) is 9.97 Å². The number of benzene rings is 1. The predicted molar refractivity (Wildman–Crippen MR) is 86.0 cm³/mol. The van der Waals surface area contributed by atoms with E-state index in [2.05, 4.69) is 36.3 Å². The minimum Gasteiger partial charge on any atom is -0.321 e. The summed E-state index contributed by atoms with van der Waals surface area (Å²) < 4.78 is 2.81. The van der Waals surface area contributed by atoms with Crippen LogP contribution >= 0.6 is 27.5 Å². The van der Waals surface area contributed by atoms with Gasteiger partial charge in [-0.1, -0.05) is 11.6 Å². The van der Waals surface area contributed by atoms with E-state index in [1.807, 2.05) is 23.0 Å². The molecule has 1 fully saturated rings. The van der Waals surface area contributed by atoms with Gasteiger partial charge >= 0.3 is 0 Å². The lowest BCUT2D eigenvalue weighted by Gasteiger charge is -2.04. The summed E-state index contributed by atoms with van der Waals surface area (Å²) in [6, 6.07) is 4.30. The lowest BCUT2D eigenvalue weighted by atomic mass is 10.2. The standard InChI is InChI=1S/C14H11BrClN5/c15-11-4-13-8(3-12(11)16)5-17-14(20-13)19-9-6-18-21(7-9)10-1-2-10/h3-7,10H,1-2H2,(H,17,19,20).